The van der Waals surface area contributed by atoms with Gasteiger partial charge in [0.05, 0.1) is 6.61 Å². The molecule has 0 bridgehead atoms. The lowest BCUT2D eigenvalue weighted by Crippen LogP contribution is -2.40. The van der Waals surface area contributed by atoms with Crippen molar-refractivity contribution in [3.63, 3.8) is 0 Å². The monoisotopic (exact) mass is 351 g/mol. The molecule has 0 atom stereocenters. The van der Waals surface area contributed by atoms with Crippen molar-refractivity contribution < 1.29 is 14.0 Å². The first-order valence-electron chi connectivity index (χ1n) is 8.86. The molecular weight excluding hydrogens is 330 g/mol. The highest BCUT2D eigenvalue weighted by Gasteiger charge is 2.27. The summed E-state index contributed by atoms with van der Waals surface area (Å²) in [4.78, 5) is 24.2. The molecule has 1 aromatic heterocycles. The highest BCUT2D eigenvalue weighted by atomic mass is 16.6. The minimum absolute atomic E-state index is 0.0496. The van der Waals surface area contributed by atoms with Gasteiger partial charge in [-0.25, -0.2) is 5.48 Å². The normalized spacial score (nSPS) is 15.3. The molecule has 0 spiro atoms. The first kappa shape index (κ1) is 16.6. The molecule has 0 aliphatic carbocycles. The molecular formula is C20H21N3O3. The Bertz CT molecular complexity index is 837. The van der Waals surface area contributed by atoms with Gasteiger partial charge in [0.15, 0.2) is 5.58 Å². The summed E-state index contributed by atoms with van der Waals surface area (Å²) in [5.74, 6) is -0.107. The molecule has 4 rings (SSSR count). The molecule has 0 radical (unpaired) electrons. The summed E-state index contributed by atoms with van der Waals surface area (Å²) in [6, 6.07) is 18.1. The molecule has 1 aliphatic rings. The van der Waals surface area contributed by atoms with Crippen molar-refractivity contribution in [1.82, 2.24) is 10.5 Å². The van der Waals surface area contributed by atoms with Gasteiger partial charge in [-0.15, -0.1) is 0 Å². The van der Waals surface area contributed by atoms with Crippen LogP contribution in [0.4, 0.5) is 6.01 Å². The van der Waals surface area contributed by atoms with E-state index in [4.69, 9.17) is 9.25 Å². The molecule has 0 unspecified atom stereocenters. The van der Waals surface area contributed by atoms with E-state index < -0.39 is 0 Å². The number of piperidine rings is 1. The molecule has 1 N–H and O–H groups in total. The minimum atomic E-state index is -0.0573. The minimum Gasteiger partial charge on any atom is -0.423 e. The van der Waals surface area contributed by atoms with Crippen molar-refractivity contribution in [2.75, 3.05) is 18.0 Å². The zero-order valence-electron chi connectivity index (χ0n) is 14.4. The fraction of sp³-hybridized carbons (Fsp3) is 0.300. The molecule has 26 heavy (non-hydrogen) atoms. The average Bonchev–Trinajstić information content (AvgIpc) is 3.13. The molecule has 1 aliphatic heterocycles. The number of para-hydroxylation sites is 2. The van der Waals surface area contributed by atoms with Gasteiger partial charge in [0, 0.05) is 19.0 Å². The Morgan fingerprint density at radius 3 is 2.62 bits per heavy atom. The van der Waals surface area contributed by atoms with Crippen LogP contribution in [0.25, 0.3) is 11.1 Å². The fourth-order valence-corrected chi connectivity index (χ4v) is 3.18. The number of oxazole rings is 1. The van der Waals surface area contributed by atoms with Gasteiger partial charge in [0.1, 0.15) is 5.52 Å². The molecule has 3 aromatic rings. The van der Waals surface area contributed by atoms with Crippen LogP contribution >= 0.6 is 0 Å². The van der Waals surface area contributed by atoms with Crippen molar-refractivity contribution in [3.8, 4) is 0 Å². The van der Waals surface area contributed by atoms with Gasteiger partial charge in [-0.1, -0.05) is 42.5 Å². The summed E-state index contributed by atoms with van der Waals surface area (Å²) in [6.45, 7) is 1.85. The van der Waals surface area contributed by atoms with Gasteiger partial charge >= 0.3 is 0 Å². The lowest BCUT2D eigenvalue weighted by Gasteiger charge is -2.29. The Labute approximate surface area is 151 Å². The zero-order chi connectivity index (χ0) is 17.8. The van der Waals surface area contributed by atoms with E-state index in [0.29, 0.717) is 12.6 Å². The predicted octanol–water partition coefficient (Wildman–Crippen LogP) is 3.29. The van der Waals surface area contributed by atoms with Crippen molar-refractivity contribution in [2.45, 2.75) is 19.4 Å². The van der Waals surface area contributed by atoms with E-state index >= 15 is 0 Å². The Hall–Kier alpha value is -2.86. The van der Waals surface area contributed by atoms with Crippen LogP contribution in [0.5, 0.6) is 0 Å². The van der Waals surface area contributed by atoms with Crippen LogP contribution in [0.1, 0.15) is 18.4 Å². The molecule has 6 nitrogen and oxygen atoms in total. The Kier molecular flexibility index (Phi) is 4.84. The topological polar surface area (TPSA) is 67.6 Å². The number of nitrogens with one attached hydrogen (secondary N) is 1. The molecule has 1 fully saturated rings. The number of aromatic nitrogens is 1. The SMILES string of the molecule is O=C(NOCc1ccccc1)C1CCN(c2nc3ccccc3o2)CC1. The highest BCUT2D eigenvalue weighted by molar-refractivity contribution is 5.78. The molecule has 2 aromatic carbocycles. The van der Waals surface area contributed by atoms with Crippen molar-refractivity contribution in [1.29, 1.82) is 0 Å². The quantitative estimate of drug-likeness (QED) is 0.715. The standard InChI is InChI=1S/C20H21N3O3/c24-19(22-25-14-15-6-2-1-3-7-15)16-10-12-23(13-11-16)20-21-17-8-4-5-9-18(17)26-20/h1-9,16H,10-14H2,(H,22,24). The summed E-state index contributed by atoms with van der Waals surface area (Å²) in [5, 5.41) is 0. The Morgan fingerprint density at radius 2 is 1.85 bits per heavy atom. The number of benzene rings is 2. The van der Waals surface area contributed by atoms with E-state index in [1.54, 1.807) is 0 Å². The molecule has 134 valence electrons. The van der Waals surface area contributed by atoms with Crippen molar-refractivity contribution in [2.24, 2.45) is 5.92 Å². The number of hydrogen-bond acceptors (Lipinski definition) is 5. The number of nitrogens with zero attached hydrogens (tertiary/aromatic N) is 2. The van der Waals surface area contributed by atoms with Gasteiger partial charge in [-0.2, -0.15) is 4.98 Å². The summed E-state index contributed by atoms with van der Waals surface area (Å²) >= 11 is 0. The lowest BCUT2D eigenvalue weighted by atomic mass is 9.96. The molecule has 6 heteroatoms. The molecule has 0 saturated carbocycles. The smallest absolute Gasteiger partial charge is 0.298 e. The first-order chi connectivity index (χ1) is 12.8. The lowest BCUT2D eigenvalue weighted by molar-refractivity contribution is -0.139. The molecule has 1 amide bonds. The van der Waals surface area contributed by atoms with Crippen LogP contribution in [0.15, 0.2) is 59.0 Å². The first-order valence-corrected chi connectivity index (χ1v) is 8.86. The molecule has 1 saturated heterocycles. The van der Waals surface area contributed by atoms with Gasteiger partial charge < -0.3 is 9.32 Å². The van der Waals surface area contributed by atoms with Gasteiger partial charge in [-0.05, 0) is 30.5 Å². The highest BCUT2D eigenvalue weighted by Crippen LogP contribution is 2.26. The van der Waals surface area contributed by atoms with E-state index in [1.165, 1.54) is 0 Å². The number of hydroxylamine groups is 1. The Morgan fingerprint density at radius 1 is 1.12 bits per heavy atom. The van der Waals surface area contributed by atoms with Crippen molar-refractivity contribution in [3.05, 3.63) is 60.2 Å². The zero-order valence-corrected chi connectivity index (χ0v) is 14.4. The third kappa shape index (κ3) is 3.70. The maximum Gasteiger partial charge on any atom is 0.298 e. The van der Waals surface area contributed by atoms with Gasteiger partial charge in [0.2, 0.25) is 5.91 Å². The largest absolute Gasteiger partial charge is 0.423 e. The van der Waals surface area contributed by atoms with Crippen LogP contribution in [-0.4, -0.2) is 24.0 Å². The number of amides is 1. The van der Waals surface area contributed by atoms with Crippen LogP contribution in [0.2, 0.25) is 0 Å². The summed E-state index contributed by atoms with van der Waals surface area (Å²) < 4.78 is 5.81. The predicted molar refractivity (Wildman–Crippen MR) is 98.3 cm³/mol. The van der Waals surface area contributed by atoms with Crippen LogP contribution in [-0.2, 0) is 16.2 Å². The van der Waals surface area contributed by atoms with Crippen molar-refractivity contribution >= 4 is 23.0 Å². The maximum atomic E-state index is 12.3. The summed E-state index contributed by atoms with van der Waals surface area (Å²) in [5.41, 5.74) is 5.25. The van der Waals surface area contributed by atoms with Gasteiger partial charge in [0.25, 0.3) is 6.01 Å². The Balaban J connectivity index is 1.27. The average molecular weight is 351 g/mol. The maximum absolute atomic E-state index is 12.3. The second-order valence-electron chi connectivity index (χ2n) is 6.47. The second kappa shape index (κ2) is 7.58. The third-order valence-corrected chi connectivity index (χ3v) is 4.67. The number of anilines is 1. The number of carbonyl (C=O) groups is 1. The van der Waals surface area contributed by atoms with Crippen LogP contribution in [0.3, 0.4) is 0 Å². The van der Waals surface area contributed by atoms with E-state index in [0.717, 1.165) is 42.6 Å². The number of carbonyl (C=O) groups excluding carboxylic acids is 1. The number of fused-ring (bicyclic) bond motifs is 1. The molecule has 2 heterocycles. The van der Waals surface area contributed by atoms with E-state index in [9.17, 15) is 4.79 Å². The number of rotatable bonds is 5. The summed E-state index contributed by atoms with van der Waals surface area (Å²) in [6.07, 6.45) is 1.50. The number of hydrogen-bond donors (Lipinski definition) is 1. The summed E-state index contributed by atoms with van der Waals surface area (Å²) in [7, 11) is 0. The fourth-order valence-electron chi connectivity index (χ4n) is 3.18. The van der Waals surface area contributed by atoms with Gasteiger partial charge in [-0.3, -0.25) is 9.63 Å². The third-order valence-electron chi connectivity index (χ3n) is 4.67. The van der Waals surface area contributed by atoms with E-state index in [-0.39, 0.29) is 11.8 Å². The second-order valence-corrected chi connectivity index (χ2v) is 6.47. The van der Waals surface area contributed by atoms with Crippen LogP contribution < -0.4 is 10.4 Å². The van der Waals surface area contributed by atoms with E-state index in [2.05, 4.69) is 15.4 Å². The van der Waals surface area contributed by atoms with E-state index in [1.807, 2.05) is 54.6 Å². The van der Waals surface area contributed by atoms with Crippen LogP contribution in [0, 0.1) is 5.92 Å².